The van der Waals surface area contributed by atoms with Gasteiger partial charge < -0.3 is 9.64 Å². The molecular weight excluding hydrogens is 306 g/mol. The third-order valence-electron chi connectivity index (χ3n) is 3.68. The van der Waals surface area contributed by atoms with Crippen LogP contribution in [0, 0.1) is 6.92 Å². The Balaban J connectivity index is 2.50. The Morgan fingerprint density at radius 1 is 0.958 bits per heavy atom. The number of ether oxygens (including phenoxy) is 1. The molecule has 0 radical (unpaired) electrons. The maximum atomic E-state index is 12.3. The van der Waals surface area contributed by atoms with E-state index in [4.69, 9.17) is 4.74 Å². The van der Waals surface area contributed by atoms with Crippen molar-refractivity contribution < 1.29 is 19.1 Å². The average molecular weight is 333 g/mol. The molecule has 0 unspecified atom stereocenters. The summed E-state index contributed by atoms with van der Waals surface area (Å²) in [6.07, 6.45) is 1.34. The molecule has 1 rings (SSSR count). The molecule has 0 N–H and O–H groups in total. The van der Waals surface area contributed by atoms with Gasteiger partial charge in [0, 0.05) is 31.5 Å². The number of Topliss-reactive ketones (excluding diaryl/α,β-unsaturated/α-hetero) is 1. The maximum absolute atomic E-state index is 12.3. The van der Waals surface area contributed by atoms with Gasteiger partial charge >= 0.3 is 5.97 Å². The van der Waals surface area contributed by atoms with E-state index >= 15 is 0 Å². The second-order valence-corrected chi connectivity index (χ2v) is 5.73. The van der Waals surface area contributed by atoms with Crippen molar-refractivity contribution in [2.75, 3.05) is 19.7 Å². The Morgan fingerprint density at radius 2 is 1.62 bits per heavy atom. The van der Waals surface area contributed by atoms with Crippen LogP contribution >= 0.6 is 0 Å². The fourth-order valence-electron chi connectivity index (χ4n) is 2.35. The van der Waals surface area contributed by atoms with Gasteiger partial charge in [0.2, 0.25) is 5.91 Å². The average Bonchev–Trinajstić information content (AvgIpc) is 2.57. The quantitative estimate of drug-likeness (QED) is 0.487. The number of nitrogens with zero attached hydrogens (tertiary/aromatic N) is 1. The molecule has 0 heterocycles. The number of amides is 1. The van der Waals surface area contributed by atoms with Crippen molar-refractivity contribution in [1.29, 1.82) is 0 Å². The SMILES string of the molecule is CCCN(CCC(=O)OCC)C(=O)CCC(=O)c1ccc(C)cc1. The highest BCUT2D eigenvalue weighted by Gasteiger charge is 2.16. The number of carbonyl (C=O) groups is 3. The minimum atomic E-state index is -0.304. The number of hydrogen-bond donors (Lipinski definition) is 0. The Labute approximate surface area is 144 Å². The molecule has 0 spiro atoms. The van der Waals surface area contributed by atoms with Gasteiger partial charge in [-0.1, -0.05) is 36.8 Å². The Bertz CT molecular complexity index is 551. The third-order valence-corrected chi connectivity index (χ3v) is 3.68. The van der Waals surface area contributed by atoms with Crippen LogP contribution in [0.4, 0.5) is 0 Å². The number of benzene rings is 1. The van der Waals surface area contributed by atoms with Crippen molar-refractivity contribution in [2.24, 2.45) is 0 Å². The number of hydrogen-bond acceptors (Lipinski definition) is 4. The first kappa shape index (κ1) is 19.9. The molecule has 0 saturated carbocycles. The molecule has 0 atom stereocenters. The summed E-state index contributed by atoms with van der Waals surface area (Å²) in [7, 11) is 0. The van der Waals surface area contributed by atoms with Gasteiger partial charge in [-0.25, -0.2) is 0 Å². The molecule has 0 aromatic heterocycles. The second kappa shape index (κ2) is 10.6. The van der Waals surface area contributed by atoms with E-state index in [1.807, 2.05) is 26.0 Å². The van der Waals surface area contributed by atoms with Gasteiger partial charge in [0.25, 0.3) is 0 Å². The fourth-order valence-corrected chi connectivity index (χ4v) is 2.35. The van der Waals surface area contributed by atoms with Crippen molar-refractivity contribution in [1.82, 2.24) is 4.90 Å². The highest BCUT2D eigenvalue weighted by Crippen LogP contribution is 2.09. The van der Waals surface area contributed by atoms with E-state index in [2.05, 4.69) is 0 Å². The third kappa shape index (κ3) is 6.94. The molecular formula is C19H27NO4. The molecule has 132 valence electrons. The molecule has 1 aromatic carbocycles. The van der Waals surface area contributed by atoms with Crippen molar-refractivity contribution in [2.45, 2.75) is 46.5 Å². The fraction of sp³-hybridized carbons (Fsp3) is 0.526. The Kier molecular flexibility index (Phi) is 8.76. The molecule has 0 saturated heterocycles. The van der Waals surface area contributed by atoms with Crippen molar-refractivity contribution in [3.63, 3.8) is 0 Å². The summed E-state index contributed by atoms with van der Waals surface area (Å²) in [6, 6.07) is 7.34. The lowest BCUT2D eigenvalue weighted by atomic mass is 10.0. The van der Waals surface area contributed by atoms with Gasteiger partial charge in [0.05, 0.1) is 13.0 Å². The molecule has 5 nitrogen and oxygen atoms in total. The summed E-state index contributed by atoms with van der Waals surface area (Å²) in [5.41, 5.74) is 1.72. The van der Waals surface area contributed by atoms with E-state index in [1.165, 1.54) is 0 Å². The molecule has 0 bridgehead atoms. The van der Waals surface area contributed by atoms with Gasteiger partial charge in [-0.15, -0.1) is 0 Å². The first-order valence-electron chi connectivity index (χ1n) is 8.51. The molecule has 0 fully saturated rings. The van der Waals surface area contributed by atoms with Crippen LogP contribution in [0.1, 0.15) is 55.5 Å². The van der Waals surface area contributed by atoms with Crippen LogP contribution in [0.15, 0.2) is 24.3 Å². The summed E-state index contributed by atoms with van der Waals surface area (Å²) < 4.78 is 4.88. The lowest BCUT2D eigenvalue weighted by Crippen LogP contribution is -2.34. The summed E-state index contributed by atoms with van der Waals surface area (Å²) in [5.74, 6) is -0.436. The van der Waals surface area contributed by atoms with Crippen molar-refractivity contribution in [3.8, 4) is 0 Å². The zero-order chi connectivity index (χ0) is 17.9. The number of esters is 1. The second-order valence-electron chi connectivity index (χ2n) is 5.73. The summed E-state index contributed by atoms with van der Waals surface area (Å²) >= 11 is 0. The Hall–Kier alpha value is -2.17. The van der Waals surface area contributed by atoms with E-state index < -0.39 is 0 Å². The zero-order valence-corrected chi connectivity index (χ0v) is 14.8. The maximum Gasteiger partial charge on any atom is 0.307 e. The van der Waals surface area contributed by atoms with Gasteiger partial charge in [-0.2, -0.15) is 0 Å². The first-order valence-corrected chi connectivity index (χ1v) is 8.51. The van der Waals surface area contributed by atoms with Gasteiger partial charge in [-0.05, 0) is 20.3 Å². The molecule has 1 amide bonds. The summed E-state index contributed by atoms with van der Waals surface area (Å²) in [6.45, 7) is 6.95. The predicted octanol–water partition coefficient (Wildman–Crippen LogP) is 3.15. The predicted molar refractivity (Wildman–Crippen MR) is 92.9 cm³/mol. The normalized spacial score (nSPS) is 10.3. The molecule has 0 aliphatic carbocycles. The lowest BCUT2D eigenvalue weighted by Gasteiger charge is -2.21. The Morgan fingerprint density at radius 3 is 2.21 bits per heavy atom. The minimum Gasteiger partial charge on any atom is -0.466 e. The topological polar surface area (TPSA) is 63.7 Å². The van der Waals surface area contributed by atoms with Crippen molar-refractivity contribution >= 4 is 17.7 Å². The van der Waals surface area contributed by atoms with Gasteiger partial charge in [0.15, 0.2) is 5.78 Å². The van der Waals surface area contributed by atoms with Crippen LogP contribution in [0.3, 0.4) is 0 Å². The van der Waals surface area contributed by atoms with Crippen molar-refractivity contribution in [3.05, 3.63) is 35.4 Å². The van der Waals surface area contributed by atoms with Crippen LogP contribution in [0.25, 0.3) is 0 Å². The van der Waals surface area contributed by atoms with Crippen LogP contribution in [0.5, 0.6) is 0 Å². The van der Waals surface area contributed by atoms with E-state index in [0.29, 0.717) is 25.3 Å². The monoisotopic (exact) mass is 333 g/mol. The molecule has 0 aliphatic heterocycles. The van der Waals surface area contributed by atoms with Gasteiger partial charge in [0.1, 0.15) is 0 Å². The van der Waals surface area contributed by atoms with Crippen LogP contribution in [-0.4, -0.2) is 42.3 Å². The van der Waals surface area contributed by atoms with E-state index in [-0.39, 0.29) is 36.9 Å². The number of carbonyl (C=O) groups excluding carboxylic acids is 3. The largest absolute Gasteiger partial charge is 0.466 e. The minimum absolute atomic E-state index is 0.0369. The van der Waals surface area contributed by atoms with E-state index in [1.54, 1.807) is 24.0 Å². The highest BCUT2D eigenvalue weighted by atomic mass is 16.5. The van der Waals surface area contributed by atoms with Crippen LogP contribution in [0.2, 0.25) is 0 Å². The first-order chi connectivity index (χ1) is 11.5. The van der Waals surface area contributed by atoms with E-state index in [0.717, 1.165) is 12.0 Å². The molecule has 0 aliphatic rings. The molecule has 1 aromatic rings. The van der Waals surface area contributed by atoms with Crippen LogP contribution in [-0.2, 0) is 14.3 Å². The number of rotatable bonds is 10. The van der Waals surface area contributed by atoms with E-state index in [9.17, 15) is 14.4 Å². The molecule has 24 heavy (non-hydrogen) atoms. The summed E-state index contributed by atoms with van der Waals surface area (Å²) in [4.78, 5) is 37.5. The number of aryl methyl sites for hydroxylation is 1. The van der Waals surface area contributed by atoms with Gasteiger partial charge in [-0.3, -0.25) is 14.4 Å². The lowest BCUT2D eigenvalue weighted by molar-refractivity contribution is -0.144. The number of ketones is 1. The zero-order valence-electron chi connectivity index (χ0n) is 14.8. The summed E-state index contributed by atoms with van der Waals surface area (Å²) in [5, 5.41) is 0. The molecule has 5 heteroatoms. The van der Waals surface area contributed by atoms with Crippen LogP contribution < -0.4 is 0 Å². The smallest absolute Gasteiger partial charge is 0.307 e. The highest BCUT2D eigenvalue weighted by molar-refractivity contribution is 5.98. The standard InChI is InChI=1S/C19H27NO4/c1-4-13-20(14-12-19(23)24-5-2)18(22)11-10-17(21)16-8-6-15(3)7-9-16/h6-9H,4-5,10-14H2,1-3H3.